The van der Waals surface area contributed by atoms with Crippen molar-refractivity contribution < 1.29 is 0 Å². The van der Waals surface area contributed by atoms with E-state index in [-0.39, 0.29) is 0 Å². The first-order chi connectivity index (χ1) is 10.8. The summed E-state index contributed by atoms with van der Waals surface area (Å²) in [7, 11) is 0. The Morgan fingerprint density at radius 3 is 2.95 bits per heavy atom. The zero-order chi connectivity index (χ0) is 14.9. The van der Waals surface area contributed by atoms with E-state index in [1.54, 1.807) is 17.5 Å². The predicted molar refractivity (Wildman–Crippen MR) is 88.5 cm³/mol. The van der Waals surface area contributed by atoms with Gasteiger partial charge in [0.15, 0.2) is 5.82 Å². The van der Waals surface area contributed by atoms with Crippen molar-refractivity contribution in [1.29, 1.82) is 0 Å². The number of halogens is 1. The molecule has 22 heavy (non-hydrogen) atoms. The topological polar surface area (TPSA) is 34.0 Å². The number of nitrogens with zero attached hydrogens (tertiary/aromatic N) is 4. The summed E-state index contributed by atoms with van der Waals surface area (Å²) in [6.07, 6.45) is 4.77. The highest BCUT2D eigenvalue weighted by atomic mass is 35.5. The van der Waals surface area contributed by atoms with E-state index < -0.39 is 0 Å². The third-order valence-electron chi connectivity index (χ3n) is 3.89. The molecule has 4 nitrogen and oxygen atoms in total. The average molecular weight is 331 g/mol. The molecule has 0 aromatic carbocycles. The van der Waals surface area contributed by atoms with E-state index in [0.717, 1.165) is 36.2 Å². The van der Waals surface area contributed by atoms with Crippen LogP contribution in [0, 0.1) is 0 Å². The maximum atomic E-state index is 6.01. The summed E-state index contributed by atoms with van der Waals surface area (Å²) >= 11 is 7.67. The highest BCUT2D eigenvalue weighted by molar-refractivity contribution is 7.16. The van der Waals surface area contributed by atoms with Crippen molar-refractivity contribution in [3.8, 4) is 5.82 Å². The molecule has 1 aliphatic rings. The van der Waals surface area contributed by atoms with E-state index in [2.05, 4.69) is 21.0 Å². The van der Waals surface area contributed by atoms with Crippen molar-refractivity contribution in [2.45, 2.75) is 19.5 Å². The van der Waals surface area contributed by atoms with Gasteiger partial charge in [0.05, 0.1) is 16.2 Å². The van der Waals surface area contributed by atoms with Crippen LogP contribution in [0.4, 0.5) is 0 Å². The van der Waals surface area contributed by atoms with Crippen LogP contribution in [0.3, 0.4) is 0 Å². The van der Waals surface area contributed by atoms with Crippen LogP contribution in [0.25, 0.3) is 5.82 Å². The molecule has 0 amide bonds. The first-order valence-corrected chi connectivity index (χ1v) is 8.43. The second kappa shape index (κ2) is 5.83. The van der Waals surface area contributed by atoms with Gasteiger partial charge in [0, 0.05) is 42.7 Å². The first kappa shape index (κ1) is 13.9. The number of hydrogen-bond donors (Lipinski definition) is 0. The minimum Gasteiger partial charge on any atom is -0.293 e. The van der Waals surface area contributed by atoms with Crippen molar-refractivity contribution in [3.05, 3.63) is 63.2 Å². The van der Waals surface area contributed by atoms with Crippen LogP contribution >= 0.6 is 22.9 Å². The number of fused-ring (bicyclic) bond motifs is 1. The van der Waals surface area contributed by atoms with Crippen molar-refractivity contribution in [1.82, 2.24) is 19.7 Å². The number of pyridine rings is 1. The minimum atomic E-state index is 0.857. The van der Waals surface area contributed by atoms with Gasteiger partial charge >= 0.3 is 0 Å². The van der Waals surface area contributed by atoms with Gasteiger partial charge in [-0.3, -0.25) is 4.90 Å². The van der Waals surface area contributed by atoms with Gasteiger partial charge in [-0.25, -0.2) is 9.67 Å². The molecule has 0 unspecified atom stereocenters. The Morgan fingerprint density at radius 1 is 1.23 bits per heavy atom. The Hall–Kier alpha value is -1.69. The molecule has 3 aromatic rings. The number of hydrogen-bond acceptors (Lipinski definition) is 4. The normalized spacial score (nSPS) is 15.0. The largest absolute Gasteiger partial charge is 0.293 e. The van der Waals surface area contributed by atoms with Gasteiger partial charge in [-0.15, -0.1) is 11.3 Å². The third-order valence-corrected chi connectivity index (χ3v) is 5.10. The molecule has 0 atom stereocenters. The van der Waals surface area contributed by atoms with Gasteiger partial charge in [-0.1, -0.05) is 17.7 Å². The highest BCUT2D eigenvalue weighted by Gasteiger charge is 2.21. The molecule has 0 bridgehead atoms. The Morgan fingerprint density at radius 2 is 2.18 bits per heavy atom. The summed E-state index contributed by atoms with van der Waals surface area (Å²) in [4.78, 5) is 8.14. The van der Waals surface area contributed by atoms with E-state index in [4.69, 9.17) is 11.6 Å². The molecular formula is C16H15ClN4S. The molecule has 0 saturated heterocycles. The number of aromatic nitrogens is 3. The number of rotatable bonds is 3. The Balaban J connectivity index is 1.54. The molecular weight excluding hydrogens is 316 g/mol. The fourth-order valence-corrected chi connectivity index (χ4v) is 3.99. The van der Waals surface area contributed by atoms with Crippen molar-refractivity contribution in [2.24, 2.45) is 0 Å². The average Bonchev–Trinajstić information content (AvgIpc) is 3.14. The SMILES string of the molecule is Clc1ccc(CN2CCc3c(cnn3-c3ccccn3)C2)s1. The van der Waals surface area contributed by atoms with Crippen molar-refractivity contribution in [2.75, 3.05) is 6.54 Å². The van der Waals surface area contributed by atoms with Gasteiger partial charge in [0.25, 0.3) is 0 Å². The molecule has 0 aliphatic carbocycles. The van der Waals surface area contributed by atoms with E-state index in [1.807, 2.05) is 35.1 Å². The molecule has 4 rings (SSSR count). The second-order valence-corrected chi connectivity index (χ2v) is 7.18. The Kier molecular flexibility index (Phi) is 3.70. The molecule has 0 spiro atoms. The van der Waals surface area contributed by atoms with E-state index in [1.165, 1.54) is 16.1 Å². The van der Waals surface area contributed by atoms with Gasteiger partial charge in [-0.05, 0) is 24.3 Å². The molecule has 1 aliphatic heterocycles. The van der Waals surface area contributed by atoms with Crippen LogP contribution < -0.4 is 0 Å². The molecule has 0 radical (unpaired) electrons. The maximum absolute atomic E-state index is 6.01. The lowest BCUT2D eigenvalue weighted by atomic mass is 10.1. The quantitative estimate of drug-likeness (QED) is 0.736. The van der Waals surface area contributed by atoms with Crippen LogP contribution in [0.2, 0.25) is 4.34 Å². The van der Waals surface area contributed by atoms with Crippen molar-refractivity contribution in [3.63, 3.8) is 0 Å². The van der Waals surface area contributed by atoms with Crippen LogP contribution in [0.1, 0.15) is 16.1 Å². The van der Waals surface area contributed by atoms with Crippen LogP contribution in [0.5, 0.6) is 0 Å². The van der Waals surface area contributed by atoms with E-state index in [9.17, 15) is 0 Å². The van der Waals surface area contributed by atoms with Crippen LogP contribution in [0.15, 0.2) is 42.7 Å². The third kappa shape index (κ3) is 2.67. The first-order valence-electron chi connectivity index (χ1n) is 7.23. The maximum Gasteiger partial charge on any atom is 0.153 e. The predicted octanol–water partition coefficient (Wildman–Crippen LogP) is 3.54. The van der Waals surface area contributed by atoms with Gasteiger partial charge in [-0.2, -0.15) is 5.10 Å². The lowest BCUT2D eigenvalue weighted by molar-refractivity contribution is 0.246. The summed E-state index contributed by atoms with van der Waals surface area (Å²) in [6.45, 7) is 2.91. The summed E-state index contributed by atoms with van der Waals surface area (Å²) < 4.78 is 2.82. The molecule has 112 valence electrons. The molecule has 0 N–H and O–H groups in total. The zero-order valence-corrected chi connectivity index (χ0v) is 13.5. The fraction of sp³-hybridized carbons (Fsp3) is 0.250. The lowest BCUT2D eigenvalue weighted by Crippen LogP contribution is -2.30. The second-order valence-electron chi connectivity index (χ2n) is 5.38. The molecule has 0 fully saturated rings. The van der Waals surface area contributed by atoms with E-state index >= 15 is 0 Å². The Bertz CT molecular complexity index is 781. The summed E-state index contributed by atoms with van der Waals surface area (Å²) in [5.41, 5.74) is 2.57. The molecule has 3 aromatic heterocycles. The summed E-state index contributed by atoms with van der Waals surface area (Å²) in [5.74, 6) is 0.891. The lowest BCUT2D eigenvalue weighted by Gasteiger charge is -2.26. The highest BCUT2D eigenvalue weighted by Crippen LogP contribution is 2.26. The van der Waals surface area contributed by atoms with Gasteiger partial charge in [0.1, 0.15) is 0 Å². The monoisotopic (exact) mass is 330 g/mol. The van der Waals surface area contributed by atoms with E-state index in [0.29, 0.717) is 0 Å². The molecule has 6 heteroatoms. The smallest absolute Gasteiger partial charge is 0.153 e. The van der Waals surface area contributed by atoms with Crippen LogP contribution in [-0.2, 0) is 19.5 Å². The minimum absolute atomic E-state index is 0.857. The van der Waals surface area contributed by atoms with Gasteiger partial charge in [0.2, 0.25) is 0 Å². The fourth-order valence-electron chi connectivity index (χ4n) is 2.86. The zero-order valence-electron chi connectivity index (χ0n) is 11.9. The summed E-state index contributed by atoms with van der Waals surface area (Å²) in [6, 6.07) is 9.99. The molecule has 4 heterocycles. The van der Waals surface area contributed by atoms with Gasteiger partial charge < -0.3 is 0 Å². The van der Waals surface area contributed by atoms with Crippen molar-refractivity contribution >= 4 is 22.9 Å². The standard InChI is InChI=1S/C16H15ClN4S/c17-15-5-4-13(22-15)11-20-8-6-14-12(10-20)9-19-21(14)16-3-1-2-7-18-16/h1-5,7,9H,6,8,10-11H2. The van der Waals surface area contributed by atoms with Crippen LogP contribution in [-0.4, -0.2) is 26.2 Å². The Labute approximate surface area is 138 Å². The molecule has 0 saturated carbocycles. The number of thiophene rings is 1. The summed E-state index contributed by atoms with van der Waals surface area (Å²) in [5, 5.41) is 4.52.